The number of ether oxygens (including phenoxy) is 2. The summed E-state index contributed by atoms with van der Waals surface area (Å²) in [6.45, 7) is 0.516. The maximum absolute atomic E-state index is 13.0. The first kappa shape index (κ1) is 20.7. The number of methoxy groups -OCH3 is 2. The lowest BCUT2D eigenvalue weighted by atomic mass is 10.0. The van der Waals surface area contributed by atoms with Crippen molar-refractivity contribution in [2.45, 2.75) is 24.9 Å². The molecule has 2 atom stereocenters. The first-order valence-corrected chi connectivity index (χ1v) is 9.55. The van der Waals surface area contributed by atoms with E-state index in [9.17, 15) is 9.59 Å². The average Bonchev–Trinajstić information content (AvgIpc) is 3.14. The van der Waals surface area contributed by atoms with Gasteiger partial charge in [-0.2, -0.15) is 0 Å². The molecule has 1 aliphatic heterocycles. The first-order valence-electron chi connectivity index (χ1n) is 9.55. The number of benzene rings is 2. The number of anilines is 1. The second kappa shape index (κ2) is 8.96. The number of nitrogens with zero attached hydrogens (tertiary/aromatic N) is 2. The number of carbonyl (C=O) groups is 2. The molecule has 0 aliphatic carbocycles. The maximum Gasteiger partial charge on any atom is 0.249 e. The molecule has 2 aromatic carbocycles. The zero-order valence-electron chi connectivity index (χ0n) is 17.0. The number of amides is 2. The third-order valence-corrected chi connectivity index (χ3v) is 5.31. The third-order valence-electron chi connectivity index (χ3n) is 5.31. The Morgan fingerprint density at radius 2 is 1.79 bits per heavy atom. The number of likely N-dealkylation sites (N-methyl/N-ethyl adjacent to an activating group) is 1. The molecule has 7 nitrogen and oxygen atoms in total. The fraction of sp³-hybridized carbons (Fsp3) is 0.364. The van der Waals surface area contributed by atoms with E-state index in [1.807, 2.05) is 30.3 Å². The van der Waals surface area contributed by atoms with Crippen molar-refractivity contribution in [1.82, 2.24) is 4.90 Å². The molecule has 0 radical (unpaired) electrons. The highest BCUT2D eigenvalue weighted by Gasteiger charge is 2.37. The Balaban J connectivity index is 1.70. The molecule has 154 valence electrons. The van der Waals surface area contributed by atoms with E-state index in [1.54, 1.807) is 44.4 Å². The van der Waals surface area contributed by atoms with Gasteiger partial charge in [-0.1, -0.05) is 30.3 Å². The molecular formula is C22H27N3O4. The number of rotatable bonds is 7. The van der Waals surface area contributed by atoms with Crippen LogP contribution in [0.1, 0.15) is 24.4 Å². The average molecular weight is 397 g/mol. The summed E-state index contributed by atoms with van der Waals surface area (Å²) in [5.41, 5.74) is 7.77. The lowest BCUT2D eigenvalue weighted by Gasteiger charge is -2.25. The summed E-state index contributed by atoms with van der Waals surface area (Å²) in [4.78, 5) is 28.9. The summed E-state index contributed by atoms with van der Waals surface area (Å²) in [7, 11) is 4.80. The first-order chi connectivity index (χ1) is 13.9. The van der Waals surface area contributed by atoms with Gasteiger partial charge in [-0.25, -0.2) is 0 Å². The number of hydrogen-bond acceptors (Lipinski definition) is 5. The maximum atomic E-state index is 13.0. The molecule has 2 unspecified atom stereocenters. The van der Waals surface area contributed by atoms with Gasteiger partial charge in [0, 0.05) is 44.3 Å². The molecule has 1 saturated heterocycles. The predicted molar refractivity (Wildman–Crippen MR) is 111 cm³/mol. The lowest BCUT2D eigenvalue weighted by molar-refractivity contribution is -0.137. The minimum Gasteiger partial charge on any atom is -0.497 e. The van der Waals surface area contributed by atoms with Gasteiger partial charge in [-0.3, -0.25) is 9.59 Å². The van der Waals surface area contributed by atoms with Crippen molar-refractivity contribution in [3.8, 4) is 11.5 Å². The summed E-state index contributed by atoms with van der Waals surface area (Å²) in [6.07, 6.45) is 0.707. The fourth-order valence-corrected chi connectivity index (χ4v) is 3.55. The molecule has 1 heterocycles. The minimum absolute atomic E-state index is 0.121. The van der Waals surface area contributed by atoms with Crippen LogP contribution >= 0.6 is 0 Å². The molecular weight excluding hydrogens is 370 g/mol. The van der Waals surface area contributed by atoms with Crippen LogP contribution in [0.5, 0.6) is 11.5 Å². The molecule has 29 heavy (non-hydrogen) atoms. The van der Waals surface area contributed by atoms with E-state index in [4.69, 9.17) is 15.2 Å². The van der Waals surface area contributed by atoms with Gasteiger partial charge in [0.2, 0.25) is 11.8 Å². The van der Waals surface area contributed by atoms with Crippen molar-refractivity contribution in [1.29, 1.82) is 0 Å². The topological polar surface area (TPSA) is 85.1 Å². The van der Waals surface area contributed by atoms with E-state index >= 15 is 0 Å². The van der Waals surface area contributed by atoms with Crippen molar-refractivity contribution in [2.75, 3.05) is 32.7 Å². The van der Waals surface area contributed by atoms with Crippen LogP contribution in [0.4, 0.5) is 5.69 Å². The zero-order chi connectivity index (χ0) is 21.0. The van der Waals surface area contributed by atoms with Crippen molar-refractivity contribution >= 4 is 17.5 Å². The van der Waals surface area contributed by atoms with Crippen LogP contribution in [0.3, 0.4) is 0 Å². The Labute approximate surface area is 171 Å². The Kier molecular flexibility index (Phi) is 6.39. The summed E-state index contributed by atoms with van der Waals surface area (Å²) in [5.74, 6) is 0.942. The zero-order valence-corrected chi connectivity index (χ0v) is 17.0. The van der Waals surface area contributed by atoms with Crippen LogP contribution < -0.4 is 20.1 Å². The van der Waals surface area contributed by atoms with Crippen LogP contribution in [-0.4, -0.2) is 50.6 Å². The highest BCUT2D eigenvalue weighted by Crippen LogP contribution is 2.32. The van der Waals surface area contributed by atoms with Crippen LogP contribution in [0.25, 0.3) is 0 Å². The molecule has 0 aromatic heterocycles. The second-order valence-electron chi connectivity index (χ2n) is 7.09. The van der Waals surface area contributed by atoms with Gasteiger partial charge in [0.25, 0.3) is 0 Å². The van der Waals surface area contributed by atoms with Gasteiger partial charge >= 0.3 is 0 Å². The summed E-state index contributed by atoms with van der Waals surface area (Å²) >= 11 is 0. The molecule has 0 spiro atoms. The smallest absolute Gasteiger partial charge is 0.249 e. The fourth-order valence-electron chi connectivity index (χ4n) is 3.55. The van der Waals surface area contributed by atoms with Crippen LogP contribution in [0, 0.1) is 0 Å². The number of hydrogen-bond donors (Lipinski definition) is 1. The summed E-state index contributed by atoms with van der Waals surface area (Å²) < 4.78 is 10.6. The largest absolute Gasteiger partial charge is 0.497 e. The normalized spacial score (nSPS) is 17.2. The van der Waals surface area contributed by atoms with Crippen LogP contribution in [0.2, 0.25) is 0 Å². The Morgan fingerprint density at radius 1 is 1.17 bits per heavy atom. The van der Waals surface area contributed by atoms with Gasteiger partial charge < -0.3 is 25.0 Å². The lowest BCUT2D eigenvalue weighted by Crippen LogP contribution is -2.43. The SMILES string of the molecule is COc1cc(OC)cc(N2CCC(N(C)C(=O)CC(N)c3ccccc3)C2=O)c1. The van der Waals surface area contributed by atoms with Crippen molar-refractivity contribution in [2.24, 2.45) is 5.73 Å². The Hall–Kier alpha value is -3.06. The monoisotopic (exact) mass is 397 g/mol. The predicted octanol–water partition coefficient (Wildman–Crippen LogP) is 2.36. The summed E-state index contributed by atoms with van der Waals surface area (Å²) in [5, 5.41) is 0. The molecule has 2 aromatic rings. The van der Waals surface area contributed by atoms with Gasteiger partial charge in [0.1, 0.15) is 17.5 Å². The minimum atomic E-state index is -0.511. The quantitative estimate of drug-likeness (QED) is 0.775. The molecule has 0 saturated carbocycles. The highest BCUT2D eigenvalue weighted by molar-refractivity contribution is 6.01. The van der Waals surface area contributed by atoms with Gasteiger partial charge in [0.15, 0.2) is 0 Å². The van der Waals surface area contributed by atoms with E-state index in [1.165, 1.54) is 4.90 Å². The Bertz CT molecular complexity index is 849. The van der Waals surface area contributed by atoms with E-state index in [2.05, 4.69) is 0 Å². The number of carbonyl (C=O) groups excluding carboxylic acids is 2. The van der Waals surface area contributed by atoms with E-state index in [0.29, 0.717) is 30.2 Å². The van der Waals surface area contributed by atoms with Crippen LogP contribution in [-0.2, 0) is 9.59 Å². The van der Waals surface area contributed by atoms with Crippen LogP contribution in [0.15, 0.2) is 48.5 Å². The van der Waals surface area contributed by atoms with E-state index in [0.717, 1.165) is 5.56 Å². The van der Waals surface area contributed by atoms with Gasteiger partial charge in [-0.05, 0) is 12.0 Å². The van der Waals surface area contributed by atoms with E-state index in [-0.39, 0.29) is 18.2 Å². The molecule has 2 N–H and O–H groups in total. The number of nitrogens with two attached hydrogens (primary N) is 1. The molecule has 1 fully saturated rings. The summed E-state index contributed by atoms with van der Waals surface area (Å²) in [6, 6.07) is 13.9. The highest BCUT2D eigenvalue weighted by atomic mass is 16.5. The third kappa shape index (κ3) is 4.51. The molecule has 3 rings (SSSR count). The standard InChI is InChI=1S/C22H27N3O4/c1-24(21(26)14-19(23)15-7-5-4-6-8-15)20-9-10-25(22(20)27)16-11-17(28-2)13-18(12-16)29-3/h4-8,11-13,19-20H,9-10,14,23H2,1-3H3. The van der Waals surface area contributed by atoms with Crippen molar-refractivity contribution in [3.63, 3.8) is 0 Å². The molecule has 2 amide bonds. The van der Waals surface area contributed by atoms with Crippen molar-refractivity contribution < 1.29 is 19.1 Å². The van der Waals surface area contributed by atoms with Gasteiger partial charge in [0.05, 0.1) is 19.9 Å². The molecule has 0 bridgehead atoms. The van der Waals surface area contributed by atoms with Crippen molar-refractivity contribution in [3.05, 3.63) is 54.1 Å². The molecule has 1 aliphatic rings. The van der Waals surface area contributed by atoms with E-state index < -0.39 is 12.1 Å². The van der Waals surface area contributed by atoms with Gasteiger partial charge in [-0.15, -0.1) is 0 Å². The Morgan fingerprint density at radius 3 is 2.38 bits per heavy atom. The second-order valence-corrected chi connectivity index (χ2v) is 7.09. The molecule has 7 heteroatoms.